The van der Waals surface area contributed by atoms with Crippen LogP contribution in [-0.2, 0) is 55.7 Å². The van der Waals surface area contributed by atoms with Crippen LogP contribution in [0.5, 0.6) is 17.2 Å². The van der Waals surface area contributed by atoms with Gasteiger partial charge in [0, 0.05) is 54.9 Å². The minimum absolute atomic E-state index is 0.0811. The summed E-state index contributed by atoms with van der Waals surface area (Å²) in [6.45, 7) is 7.30. The second-order valence-corrected chi connectivity index (χ2v) is 22.4. The summed E-state index contributed by atoms with van der Waals surface area (Å²) in [7, 11) is 0. The molecule has 69 heavy (non-hydrogen) atoms. The molecule has 4 aromatic rings. The Labute approximate surface area is 399 Å². The van der Waals surface area contributed by atoms with Gasteiger partial charge in [0.2, 0.25) is 0 Å². The SMILES string of the molecule is Cc1ccc(OC(=O)Cc2cc(F)cc3c(CC(=O)Oc4ccc5c6c4C[C@H]4C(=O)CC[C@@]7(O)[C@@H](C5)N(CC5CC5)CC[C@]647)cc(F)cc23)c2c1[C@]13CCN(CC4CC4)[C@H](C)[C@]1(O)CCC(=O)[C@@H]3O2. The second kappa shape index (κ2) is 15.2. The number of aryl methyl sites for hydroxylation is 1. The van der Waals surface area contributed by atoms with E-state index in [0.717, 1.165) is 48.0 Å². The van der Waals surface area contributed by atoms with Crippen LogP contribution in [0.25, 0.3) is 10.8 Å². The van der Waals surface area contributed by atoms with Gasteiger partial charge in [0.15, 0.2) is 23.4 Å². The first-order valence-electron chi connectivity index (χ1n) is 25.4. The fraction of sp³-hybridized carbons (Fsp3) is 0.536. The van der Waals surface area contributed by atoms with E-state index in [2.05, 4.69) is 9.80 Å². The monoisotopic (exact) mass is 940 g/mol. The third-order valence-electron chi connectivity index (χ3n) is 18.9. The van der Waals surface area contributed by atoms with Gasteiger partial charge in [0.25, 0.3) is 0 Å². The molecule has 9 aliphatic rings. The van der Waals surface area contributed by atoms with Crippen LogP contribution >= 0.6 is 0 Å². The minimum atomic E-state index is -1.27. The number of carbonyl (C=O) groups is 4. The Balaban J connectivity index is 0.769. The van der Waals surface area contributed by atoms with E-state index in [0.29, 0.717) is 74.6 Å². The first kappa shape index (κ1) is 43.9. The Bertz CT molecular complexity index is 2950. The fourth-order valence-corrected chi connectivity index (χ4v) is 15.4. The lowest BCUT2D eigenvalue weighted by Crippen LogP contribution is -2.75. The van der Waals surface area contributed by atoms with E-state index < -0.39 is 70.5 Å². The molecule has 2 N–H and O–H groups in total. The van der Waals surface area contributed by atoms with Crippen molar-refractivity contribution < 1.29 is 52.4 Å². The van der Waals surface area contributed by atoms with Gasteiger partial charge in [-0.25, -0.2) is 8.78 Å². The second-order valence-electron chi connectivity index (χ2n) is 22.4. The molecule has 11 nitrogen and oxygen atoms in total. The highest BCUT2D eigenvalue weighted by Gasteiger charge is 2.72. The van der Waals surface area contributed by atoms with Crippen molar-refractivity contribution in [3.63, 3.8) is 0 Å². The van der Waals surface area contributed by atoms with Crippen molar-refractivity contribution in [2.75, 3.05) is 26.2 Å². The molecule has 3 aliphatic heterocycles. The lowest BCUT2D eigenvalue weighted by atomic mass is 9.48. The molecule has 0 radical (unpaired) electrons. The van der Waals surface area contributed by atoms with Crippen molar-refractivity contribution >= 4 is 34.3 Å². The van der Waals surface area contributed by atoms with Gasteiger partial charge in [-0.3, -0.25) is 29.0 Å². The third kappa shape index (κ3) is 6.27. The van der Waals surface area contributed by atoms with Gasteiger partial charge in [-0.1, -0.05) is 12.1 Å². The number of aliphatic hydroxyl groups is 2. The van der Waals surface area contributed by atoms with E-state index in [1.807, 2.05) is 19.9 Å². The number of fused-ring (bicyclic) bond motifs is 2. The molecule has 4 aromatic carbocycles. The summed E-state index contributed by atoms with van der Waals surface area (Å²) in [4.78, 5) is 60.2. The van der Waals surface area contributed by atoms with E-state index in [1.54, 1.807) is 18.2 Å². The Kier molecular flexibility index (Phi) is 9.68. The van der Waals surface area contributed by atoms with Crippen LogP contribution in [0.3, 0.4) is 0 Å². The number of hydrogen-bond donors (Lipinski definition) is 2. The number of carbonyl (C=O) groups excluding carboxylic acids is 4. The van der Waals surface area contributed by atoms with Crippen LogP contribution in [0, 0.1) is 36.3 Å². The van der Waals surface area contributed by atoms with E-state index in [4.69, 9.17) is 14.2 Å². The number of Topliss-reactive ketones (excluding diaryl/α,β-unsaturated/α-hetero) is 2. The zero-order valence-corrected chi connectivity index (χ0v) is 39.2. The topological polar surface area (TPSA) is 143 Å². The molecule has 0 amide bonds. The maximum absolute atomic E-state index is 15.6. The molecule has 8 atom stereocenters. The summed E-state index contributed by atoms with van der Waals surface area (Å²) >= 11 is 0. The third-order valence-corrected chi connectivity index (χ3v) is 18.9. The Morgan fingerprint density at radius 3 is 2.00 bits per heavy atom. The van der Waals surface area contributed by atoms with Crippen molar-refractivity contribution in [3.8, 4) is 17.2 Å². The zero-order chi connectivity index (χ0) is 47.5. The predicted octanol–water partition coefficient (Wildman–Crippen LogP) is 6.86. The van der Waals surface area contributed by atoms with Crippen LogP contribution in [0.4, 0.5) is 8.78 Å². The first-order chi connectivity index (χ1) is 33.1. The molecule has 6 fully saturated rings. The number of ether oxygens (including phenoxy) is 3. The maximum Gasteiger partial charge on any atom is 0.315 e. The van der Waals surface area contributed by atoms with Gasteiger partial charge in [0.1, 0.15) is 23.2 Å². The lowest BCUT2D eigenvalue weighted by molar-refractivity contribution is -0.184. The van der Waals surface area contributed by atoms with E-state index in [-0.39, 0.29) is 63.5 Å². The molecular weight excluding hydrogens is 883 g/mol. The largest absolute Gasteiger partial charge is 0.477 e. The Morgan fingerprint density at radius 2 is 1.32 bits per heavy atom. The normalized spacial score (nSPS) is 33.1. The summed E-state index contributed by atoms with van der Waals surface area (Å²) in [6.07, 6.45) is 6.34. The van der Waals surface area contributed by atoms with E-state index >= 15 is 8.78 Å². The number of hydrogen-bond acceptors (Lipinski definition) is 11. The van der Waals surface area contributed by atoms with Crippen molar-refractivity contribution in [3.05, 3.63) is 99.1 Å². The van der Waals surface area contributed by atoms with Gasteiger partial charge >= 0.3 is 11.9 Å². The molecule has 6 aliphatic carbocycles. The van der Waals surface area contributed by atoms with Crippen LogP contribution < -0.4 is 14.2 Å². The van der Waals surface area contributed by atoms with Gasteiger partial charge in [0.05, 0.1) is 29.5 Å². The maximum atomic E-state index is 15.6. The molecule has 360 valence electrons. The molecule has 0 aromatic heterocycles. The van der Waals surface area contributed by atoms with Gasteiger partial charge in [-0.2, -0.15) is 0 Å². The molecule has 13 heteroatoms. The number of nitrogens with zero attached hydrogens (tertiary/aromatic N) is 2. The molecule has 13 rings (SSSR count). The number of rotatable bonds is 10. The smallest absolute Gasteiger partial charge is 0.315 e. The summed E-state index contributed by atoms with van der Waals surface area (Å²) in [6, 6.07) is 11.6. The standard InChI is InChI=1S/C56H58F2N2O9/c1-29-3-9-45(51-49(29)54-16-17-59(27-31-4-5-31)30(2)55(54,65)13-12-43(62)52(54)69-51)68-48(64)23-35-20-37(58)24-38-34(19-36(57)25-39(35)38)22-47(63)67-44-10-8-33-21-46-56(66)14-11-42(61)41-26-40(44)50(33)53(41,56)15-18-60(46)28-32-6-7-32/h3,8-10,19-20,24-25,30-32,41,46,52,65-66H,4-7,11-18,21-23,26-28H2,1-2H3/t30-,41+,46-,52+,53-,54+,55-,56-/m1/s1. The number of esters is 2. The quantitative estimate of drug-likeness (QED) is 0.127. The fourth-order valence-electron chi connectivity index (χ4n) is 15.4. The lowest BCUT2D eigenvalue weighted by Gasteiger charge is -2.64. The first-order valence-corrected chi connectivity index (χ1v) is 25.4. The molecule has 3 heterocycles. The molecule has 2 spiro atoms. The highest BCUT2D eigenvalue weighted by molar-refractivity contribution is 5.95. The number of benzene rings is 4. The zero-order valence-electron chi connectivity index (χ0n) is 39.2. The van der Waals surface area contributed by atoms with Gasteiger partial charge < -0.3 is 24.4 Å². The summed E-state index contributed by atoms with van der Waals surface area (Å²) in [5, 5.41) is 26.0. The summed E-state index contributed by atoms with van der Waals surface area (Å²) in [5.41, 5.74) is 0.507. The van der Waals surface area contributed by atoms with Crippen molar-refractivity contribution in [1.29, 1.82) is 0 Å². The van der Waals surface area contributed by atoms with Crippen molar-refractivity contribution in [2.24, 2.45) is 17.8 Å². The Morgan fingerprint density at radius 1 is 0.725 bits per heavy atom. The predicted molar refractivity (Wildman–Crippen MR) is 248 cm³/mol. The highest BCUT2D eigenvalue weighted by Crippen LogP contribution is 2.66. The van der Waals surface area contributed by atoms with Gasteiger partial charge in [-0.05, 0) is 184 Å². The van der Waals surface area contributed by atoms with Crippen LogP contribution in [-0.4, -0.2) is 99.1 Å². The minimum Gasteiger partial charge on any atom is -0.477 e. The number of piperidine rings is 2. The summed E-state index contributed by atoms with van der Waals surface area (Å²) in [5.74, 6) is -1.31. The molecule has 4 saturated carbocycles. The number of likely N-dealkylation sites (tertiary alicyclic amines) is 2. The van der Waals surface area contributed by atoms with Crippen LogP contribution in [0.1, 0.15) is 110 Å². The van der Waals surface area contributed by atoms with E-state index in [9.17, 15) is 29.4 Å². The average molecular weight is 941 g/mol. The van der Waals surface area contributed by atoms with Crippen molar-refractivity contribution in [1.82, 2.24) is 9.80 Å². The summed E-state index contributed by atoms with van der Waals surface area (Å²) < 4.78 is 49.9. The highest BCUT2D eigenvalue weighted by atomic mass is 19.1. The van der Waals surface area contributed by atoms with Crippen molar-refractivity contribution in [2.45, 2.75) is 144 Å². The van der Waals surface area contributed by atoms with Crippen LogP contribution in [0.2, 0.25) is 0 Å². The molecule has 0 unspecified atom stereocenters. The average Bonchev–Trinajstić information content (AvgIpc) is 4.24. The van der Waals surface area contributed by atoms with E-state index in [1.165, 1.54) is 43.9 Å². The Hall–Kier alpha value is -5.08. The molecule has 2 bridgehead atoms. The van der Waals surface area contributed by atoms with Gasteiger partial charge in [-0.15, -0.1) is 0 Å². The molecule has 2 saturated heterocycles. The number of halogens is 2. The number of ketones is 2. The van der Waals surface area contributed by atoms with Crippen LogP contribution in [0.15, 0.2) is 48.5 Å². The molecular formula is C56H58F2N2O9.